The van der Waals surface area contributed by atoms with Gasteiger partial charge in [-0.15, -0.1) is 0 Å². The van der Waals surface area contributed by atoms with Crippen molar-refractivity contribution >= 4 is 17.5 Å². The van der Waals surface area contributed by atoms with Crippen molar-refractivity contribution < 1.29 is 19.0 Å². The fraction of sp³-hybridized carbons (Fsp3) is 0.316. The van der Waals surface area contributed by atoms with Gasteiger partial charge in [0.1, 0.15) is 24.7 Å². The van der Waals surface area contributed by atoms with Gasteiger partial charge < -0.3 is 19.1 Å². The molecule has 0 heterocycles. The first kappa shape index (κ1) is 19.1. The maximum atomic E-state index is 12.0. The van der Waals surface area contributed by atoms with E-state index in [1.54, 1.807) is 25.1 Å². The molecule has 25 heavy (non-hydrogen) atoms. The summed E-state index contributed by atoms with van der Waals surface area (Å²) in [6.45, 7) is 1.19. The molecule has 0 saturated carbocycles. The molecule has 2 aromatic rings. The number of nitrogens with zero attached hydrogens (tertiary/aromatic N) is 1. The highest BCUT2D eigenvalue weighted by Crippen LogP contribution is 2.17. The van der Waals surface area contributed by atoms with Crippen LogP contribution in [0.15, 0.2) is 48.5 Å². The molecule has 0 saturated heterocycles. The summed E-state index contributed by atoms with van der Waals surface area (Å²) < 4.78 is 16.1. The highest BCUT2D eigenvalue weighted by molar-refractivity contribution is 6.31. The number of halogens is 1. The van der Waals surface area contributed by atoms with Gasteiger partial charge in [0.25, 0.3) is 0 Å². The van der Waals surface area contributed by atoms with Gasteiger partial charge >= 0.3 is 0 Å². The Balaban J connectivity index is 1.66. The highest BCUT2D eigenvalue weighted by atomic mass is 35.5. The summed E-state index contributed by atoms with van der Waals surface area (Å²) in [4.78, 5) is 13.6. The van der Waals surface area contributed by atoms with Gasteiger partial charge in [-0.2, -0.15) is 0 Å². The summed E-state index contributed by atoms with van der Waals surface area (Å²) in [6, 6.07) is 14.7. The van der Waals surface area contributed by atoms with Crippen LogP contribution in [0.25, 0.3) is 0 Å². The Morgan fingerprint density at radius 3 is 2.44 bits per heavy atom. The van der Waals surface area contributed by atoms with E-state index in [0.29, 0.717) is 24.8 Å². The number of amides is 1. The second kappa shape index (κ2) is 9.91. The van der Waals surface area contributed by atoms with Crippen LogP contribution in [0.2, 0.25) is 5.02 Å². The van der Waals surface area contributed by atoms with Gasteiger partial charge in [0.2, 0.25) is 5.91 Å². The van der Waals surface area contributed by atoms with E-state index >= 15 is 0 Å². The number of carbonyl (C=O) groups is 1. The fourth-order valence-corrected chi connectivity index (χ4v) is 2.26. The largest absolute Gasteiger partial charge is 0.497 e. The SMILES string of the molecule is COc1ccc(OCCN(C)C(=O)COCc2ccccc2Cl)cc1. The molecular weight excluding hydrogens is 342 g/mol. The van der Waals surface area contributed by atoms with Gasteiger partial charge in [-0.25, -0.2) is 0 Å². The number of hydrogen-bond donors (Lipinski definition) is 0. The first-order chi connectivity index (χ1) is 12.1. The Kier molecular flexibility index (Phi) is 7.57. The van der Waals surface area contributed by atoms with Crippen LogP contribution in [0.3, 0.4) is 0 Å². The predicted molar refractivity (Wildman–Crippen MR) is 97.2 cm³/mol. The predicted octanol–water partition coefficient (Wildman–Crippen LogP) is 3.40. The Labute approximate surface area is 153 Å². The molecule has 0 spiro atoms. The van der Waals surface area contributed by atoms with E-state index in [2.05, 4.69) is 0 Å². The molecule has 0 unspecified atom stereocenters. The number of hydrogen-bond acceptors (Lipinski definition) is 4. The van der Waals surface area contributed by atoms with Crippen molar-refractivity contribution in [1.29, 1.82) is 0 Å². The van der Waals surface area contributed by atoms with Crippen molar-refractivity contribution in [3.63, 3.8) is 0 Å². The molecule has 5 nitrogen and oxygen atoms in total. The molecule has 0 N–H and O–H groups in total. The van der Waals surface area contributed by atoms with E-state index in [9.17, 15) is 4.79 Å². The lowest BCUT2D eigenvalue weighted by atomic mass is 10.2. The van der Waals surface area contributed by atoms with Crippen molar-refractivity contribution in [2.75, 3.05) is 33.9 Å². The third kappa shape index (κ3) is 6.29. The van der Waals surface area contributed by atoms with Crippen molar-refractivity contribution in [3.05, 3.63) is 59.1 Å². The molecule has 134 valence electrons. The third-order valence-corrected chi connectivity index (χ3v) is 3.99. The summed E-state index contributed by atoms with van der Waals surface area (Å²) in [5.41, 5.74) is 0.863. The van der Waals surface area contributed by atoms with E-state index < -0.39 is 0 Å². The second-order valence-electron chi connectivity index (χ2n) is 5.42. The number of ether oxygens (including phenoxy) is 3. The number of methoxy groups -OCH3 is 1. The maximum absolute atomic E-state index is 12.0. The highest BCUT2D eigenvalue weighted by Gasteiger charge is 2.09. The van der Waals surface area contributed by atoms with E-state index in [0.717, 1.165) is 17.1 Å². The van der Waals surface area contributed by atoms with Gasteiger partial charge in [-0.1, -0.05) is 29.8 Å². The molecule has 0 aliphatic carbocycles. The normalized spacial score (nSPS) is 10.4. The molecule has 1 amide bonds. The standard InChI is InChI=1S/C19H22ClNO4/c1-21(11-12-25-17-9-7-16(23-2)8-10-17)19(22)14-24-13-15-5-3-4-6-18(15)20/h3-10H,11-14H2,1-2H3. The zero-order chi connectivity index (χ0) is 18.1. The van der Waals surface area contributed by atoms with Crippen molar-refractivity contribution in [2.45, 2.75) is 6.61 Å². The van der Waals surface area contributed by atoms with E-state index in [-0.39, 0.29) is 12.5 Å². The summed E-state index contributed by atoms with van der Waals surface area (Å²) in [5, 5.41) is 0.635. The average molecular weight is 364 g/mol. The number of benzene rings is 2. The van der Waals surface area contributed by atoms with Crippen molar-refractivity contribution in [2.24, 2.45) is 0 Å². The third-order valence-electron chi connectivity index (χ3n) is 3.62. The number of rotatable bonds is 9. The zero-order valence-electron chi connectivity index (χ0n) is 14.4. The minimum absolute atomic E-state index is 0.00423. The molecule has 6 heteroatoms. The van der Waals surface area contributed by atoms with Gasteiger partial charge in [0.15, 0.2) is 0 Å². The Hall–Kier alpha value is -2.24. The minimum Gasteiger partial charge on any atom is -0.497 e. The molecule has 2 aromatic carbocycles. The lowest BCUT2D eigenvalue weighted by Crippen LogP contribution is -2.33. The molecular formula is C19H22ClNO4. The second-order valence-corrected chi connectivity index (χ2v) is 5.83. The molecule has 0 radical (unpaired) electrons. The first-order valence-electron chi connectivity index (χ1n) is 7.92. The van der Waals surface area contributed by atoms with Crippen molar-refractivity contribution in [1.82, 2.24) is 4.90 Å². The summed E-state index contributed by atoms with van der Waals surface area (Å²) in [5.74, 6) is 1.40. The minimum atomic E-state index is -0.106. The lowest BCUT2D eigenvalue weighted by molar-refractivity contribution is -0.135. The summed E-state index contributed by atoms with van der Waals surface area (Å²) >= 11 is 6.05. The Morgan fingerprint density at radius 1 is 1.08 bits per heavy atom. The smallest absolute Gasteiger partial charge is 0.248 e. The van der Waals surface area contributed by atoms with Crippen LogP contribution in [-0.2, 0) is 16.1 Å². The van der Waals surface area contributed by atoms with Crippen LogP contribution in [0.5, 0.6) is 11.5 Å². The van der Waals surface area contributed by atoms with Crippen LogP contribution < -0.4 is 9.47 Å². The van der Waals surface area contributed by atoms with Gasteiger partial charge in [0.05, 0.1) is 20.3 Å². The van der Waals surface area contributed by atoms with E-state index in [1.807, 2.05) is 42.5 Å². The van der Waals surface area contributed by atoms with E-state index in [4.69, 9.17) is 25.8 Å². The van der Waals surface area contributed by atoms with Gasteiger partial charge in [-0.3, -0.25) is 4.79 Å². The monoisotopic (exact) mass is 363 g/mol. The van der Waals surface area contributed by atoms with Crippen LogP contribution in [0, 0.1) is 0 Å². The molecule has 0 aliphatic heterocycles. The quantitative estimate of drug-likeness (QED) is 0.685. The molecule has 0 aromatic heterocycles. The Morgan fingerprint density at radius 2 is 1.76 bits per heavy atom. The van der Waals surface area contributed by atoms with E-state index in [1.165, 1.54) is 0 Å². The lowest BCUT2D eigenvalue weighted by Gasteiger charge is -2.17. The summed E-state index contributed by atoms with van der Waals surface area (Å²) in [6.07, 6.45) is 0. The van der Waals surface area contributed by atoms with Crippen LogP contribution in [0.1, 0.15) is 5.56 Å². The zero-order valence-corrected chi connectivity index (χ0v) is 15.2. The van der Waals surface area contributed by atoms with Gasteiger partial charge in [-0.05, 0) is 35.9 Å². The van der Waals surface area contributed by atoms with Crippen LogP contribution >= 0.6 is 11.6 Å². The molecule has 0 fully saturated rings. The number of carbonyl (C=O) groups excluding carboxylic acids is 1. The average Bonchev–Trinajstić information content (AvgIpc) is 2.63. The maximum Gasteiger partial charge on any atom is 0.248 e. The summed E-state index contributed by atoms with van der Waals surface area (Å²) in [7, 11) is 3.34. The first-order valence-corrected chi connectivity index (χ1v) is 8.30. The topological polar surface area (TPSA) is 48.0 Å². The van der Waals surface area contributed by atoms with Gasteiger partial charge in [0, 0.05) is 12.1 Å². The molecule has 0 aliphatic rings. The van der Waals surface area contributed by atoms with Crippen LogP contribution in [-0.4, -0.2) is 44.7 Å². The molecule has 0 bridgehead atoms. The van der Waals surface area contributed by atoms with Crippen molar-refractivity contribution in [3.8, 4) is 11.5 Å². The molecule has 2 rings (SSSR count). The Bertz CT molecular complexity index is 675. The van der Waals surface area contributed by atoms with Crippen LogP contribution in [0.4, 0.5) is 0 Å². The fourth-order valence-electron chi connectivity index (χ4n) is 2.07. The number of likely N-dealkylation sites (N-methyl/N-ethyl adjacent to an activating group) is 1. The molecule has 0 atom stereocenters.